The maximum atomic E-state index is 10.7. The first-order valence-corrected chi connectivity index (χ1v) is 4.22. The lowest BCUT2D eigenvalue weighted by atomic mass is 10.3. The Bertz CT molecular complexity index is 161. The minimum absolute atomic E-state index is 0.327. The molecule has 1 fully saturated rings. The number of amides is 2. The van der Waals surface area contributed by atoms with Gasteiger partial charge < -0.3 is 21.7 Å². The summed E-state index contributed by atoms with van der Waals surface area (Å²) in [5.41, 5.74) is 10.5. The summed E-state index contributed by atoms with van der Waals surface area (Å²) < 4.78 is 0. The molecule has 1 aliphatic heterocycles. The Kier molecular flexibility index (Phi) is 3.31. The van der Waals surface area contributed by atoms with Crippen molar-refractivity contribution in [1.82, 2.24) is 10.2 Å². The summed E-state index contributed by atoms with van der Waals surface area (Å²) >= 11 is 0. The molecule has 1 aliphatic rings. The Labute approximate surface area is 72.1 Å². The van der Waals surface area contributed by atoms with Crippen LogP contribution >= 0.6 is 0 Å². The van der Waals surface area contributed by atoms with Gasteiger partial charge in [-0.2, -0.15) is 0 Å². The second-order valence-corrected chi connectivity index (χ2v) is 3.01. The maximum absolute atomic E-state index is 10.7. The van der Waals surface area contributed by atoms with Crippen LogP contribution in [-0.2, 0) is 0 Å². The molecule has 1 unspecified atom stereocenters. The third kappa shape index (κ3) is 2.35. The van der Waals surface area contributed by atoms with Crippen molar-refractivity contribution in [3.63, 3.8) is 0 Å². The standard InChI is InChI=1S/C7H16N4O/c8-2-3-10-6-1-4-11(5-6)7(9)12/h6,10H,1-5,8H2,(H2,9,12). The predicted molar refractivity (Wildman–Crippen MR) is 46.6 cm³/mol. The normalized spacial score (nSPS) is 23.1. The fourth-order valence-electron chi connectivity index (χ4n) is 1.41. The van der Waals surface area contributed by atoms with Crippen molar-refractivity contribution < 1.29 is 4.79 Å². The van der Waals surface area contributed by atoms with Gasteiger partial charge in [0, 0.05) is 32.2 Å². The van der Waals surface area contributed by atoms with Crippen molar-refractivity contribution in [3.05, 3.63) is 0 Å². The molecular weight excluding hydrogens is 156 g/mol. The number of likely N-dealkylation sites (tertiary alicyclic amines) is 1. The molecule has 12 heavy (non-hydrogen) atoms. The van der Waals surface area contributed by atoms with E-state index in [1.54, 1.807) is 4.90 Å². The summed E-state index contributed by atoms with van der Waals surface area (Å²) in [6.45, 7) is 2.91. The lowest BCUT2D eigenvalue weighted by Crippen LogP contribution is -2.39. The highest BCUT2D eigenvalue weighted by atomic mass is 16.2. The molecule has 0 spiro atoms. The second-order valence-electron chi connectivity index (χ2n) is 3.01. The summed E-state index contributed by atoms with van der Waals surface area (Å²) in [6.07, 6.45) is 0.975. The Hall–Kier alpha value is -0.810. The van der Waals surface area contributed by atoms with Gasteiger partial charge in [-0.1, -0.05) is 0 Å². The molecule has 5 N–H and O–H groups in total. The molecule has 1 heterocycles. The van der Waals surface area contributed by atoms with Crippen LogP contribution < -0.4 is 16.8 Å². The van der Waals surface area contributed by atoms with E-state index in [1.807, 2.05) is 0 Å². The van der Waals surface area contributed by atoms with Gasteiger partial charge in [0.2, 0.25) is 0 Å². The van der Waals surface area contributed by atoms with E-state index in [0.29, 0.717) is 12.6 Å². The van der Waals surface area contributed by atoms with Crippen LogP contribution in [0.4, 0.5) is 4.79 Å². The number of hydrogen-bond acceptors (Lipinski definition) is 3. The highest BCUT2D eigenvalue weighted by Crippen LogP contribution is 2.07. The Morgan fingerprint density at radius 1 is 1.67 bits per heavy atom. The summed E-state index contributed by atoms with van der Waals surface area (Å²) in [6, 6.07) is 0.0492. The zero-order valence-corrected chi connectivity index (χ0v) is 7.12. The molecule has 0 aromatic heterocycles. The van der Waals surface area contributed by atoms with Crippen molar-refractivity contribution in [2.24, 2.45) is 11.5 Å². The van der Waals surface area contributed by atoms with Crippen LogP contribution in [0.3, 0.4) is 0 Å². The molecule has 1 rings (SSSR count). The van der Waals surface area contributed by atoms with Gasteiger partial charge in [-0.25, -0.2) is 4.79 Å². The number of urea groups is 1. The third-order valence-corrected chi connectivity index (χ3v) is 2.08. The van der Waals surface area contributed by atoms with Gasteiger partial charge in [0.1, 0.15) is 0 Å². The summed E-state index contributed by atoms with van der Waals surface area (Å²) in [7, 11) is 0. The topological polar surface area (TPSA) is 84.4 Å². The summed E-state index contributed by atoms with van der Waals surface area (Å²) in [4.78, 5) is 12.4. The number of carbonyl (C=O) groups excluding carboxylic acids is 1. The third-order valence-electron chi connectivity index (χ3n) is 2.08. The monoisotopic (exact) mass is 172 g/mol. The first-order chi connectivity index (χ1) is 5.74. The molecule has 0 saturated carbocycles. The van der Waals surface area contributed by atoms with E-state index in [9.17, 15) is 4.79 Å². The van der Waals surface area contributed by atoms with Gasteiger partial charge in [0.05, 0.1) is 0 Å². The molecule has 0 aromatic rings. The van der Waals surface area contributed by atoms with Crippen molar-refractivity contribution in [3.8, 4) is 0 Å². The number of nitrogens with one attached hydrogen (secondary N) is 1. The number of primary amides is 1. The zero-order valence-electron chi connectivity index (χ0n) is 7.12. The average molecular weight is 172 g/mol. The largest absolute Gasteiger partial charge is 0.351 e. The maximum Gasteiger partial charge on any atom is 0.314 e. The van der Waals surface area contributed by atoms with E-state index in [2.05, 4.69) is 5.32 Å². The molecule has 0 aliphatic carbocycles. The lowest BCUT2D eigenvalue weighted by Gasteiger charge is -2.13. The van der Waals surface area contributed by atoms with Crippen molar-refractivity contribution in [2.45, 2.75) is 12.5 Å². The number of nitrogens with zero attached hydrogens (tertiary/aromatic N) is 1. The van der Waals surface area contributed by atoms with Crippen LogP contribution in [0, 0.1) is 0 Å². The van der Waals surface area contributed by atoms with Crippen LogP contribution in [0.5, 0.6) is 0 Å². The van der Waals surface area contributed by atoms with E-state index in [1.165, 1.54) is 0 Å². The molecule has 1 atom stereocenters. The Balaban J connectivity index is 2.21. The molecule has 70 valence electrons. The minimum atomic E-state index is -0.327. The number of carbonyl (C=O) groups is 1. The fourth-order valence-corrected chi connectivity index (χ4v) is 1.41. The SMILES string of the molecule is NCCNC1CCN(C(N)=O)C1. The molecule has 1 saturated heterocycles. The predicted octanol–water partition coefficient (Wildman–Crippen LogP) is -1.31. The lowest BCUT2D eigenvalue weighted by molar-refractivity contribution is 0.217. The highest BCUT2D eigenvalue weighted by molar-refractivity contribution is 5.72. The minimum Gasteiger partial charge on any atom is -0.351 e. The molecule has 5 nitrogen and oxygen atoms in total. The zero-order chi connectivity index (χ0) is 8.97. The molecular formula is C7H16N4O. The van der Waals surface area contributed by atoms with Crippen LogP contribution in [0.1, 0.15) is 6.42 Å². The van der Waals surface area contributed by atoms with Gasteiger partial charge in [0.15, 0.2) is 0 Å². The average Bonchev–Trinajstić information content (AvgIpc) is 2.48. The first-order valence-electron chi connectivity index (χ1n) is 4.22. The first kappa shape index (κ1) is 9.28. The number of rotatable bonds is 3. The van der Waals surface area contributed by atoms with Gasteiger partial charge in [-0.15, -0.1) is 0 Å². The van der Waals surface area contributed by atoms with Gasteiger partial charge in [0.25, 0.3) is 0 Å². The van der Waals surface area contributed by atoms with E-state index in [-0.39, 0.29) is 6.03 Å². The molecule has 0 aromatic carbocycles. The van der Waals surface area contributed by atoms with E-state index in [0.717, 1.165) is 26.1 Å². The number of nitrogens with two attached hydrogens (primary N) is 2. The van der Waals surface area contributed by atoms with E-state index in [4.69, 9.17) is 11.5 Å². The molecule has 2 amide bonds. The van der Waals surface area contributed by atoms with Gasteiger partial charge in [-0.3, -0.25) is 0 Å². The molecule has 5 heteroatoms. The van der Waals surface area contributed by atoms with E-state index >= 15 is 0 Å². The number of hydrogen-bond donors (Lipinski definition) is 3. The summed E-state index contributed by atoms with van der Waals surface area (Å²) in [5.74, 6) is 0. The van der Waals surface area contributed by atoms with Gasteiger partial charge >= 0.3 is 6.03 Å². The van der Waals surface area contributed by atoms with Crippen LogP contribution in [0.15, 0.2) is 0 Å². The van der Waals surface area contributed by atoms with Gasteiger partial charge in [-0.05, 0) is 6.42 Å². The fraction of sp³-hybridized carbons (Fsp3) is 0.857. The Morgan fingerprint density at radius 2 is 2.42 bits per heavy atom. The second kappa shape index (κ2) is 4.27. The highest BCUT2D eigenvalue weighted by Gasteiger charge is 2.23. The molecule has 0 radical (unpaired) electrons. The molecule has 0 bridgehead atoms. The van der Waals surface area contributed by atoms with Crippen LogP contribution in [-0.4, -0.2) is 43.2 Å². The quantitative estimate of drug-likeness (QED) is 0.494. The van der Waals surface area contributed by atoms with Crippen molar-refractivity contribution in [1.29, 1.82) is 0 Å². The van der Waals surface area contributed by atoms with E-state index < -0.39 is 0 Å². The van der Waals surface area contributed by atoms with Crippen LogP contribution in [0.2, 0.25) is 0 Å². The smallest absolute Gasteiger partial charge is 0.314 e. The van der Waals surface area contributed by atoms with Crippen LogP contribution in [0.25, 0.3) is 0 Å². The summed E-state index contributed by atoms with van der Waals surface area (Å²) in [5, 5.41) is 3.24. The van der Waals surface area contributed by atoms with Crippen molar-refractivity contribution in [2.75, 3.05) is 26.2 Å². The van der Waals surface area contributed by atoms with Crippen molar-refractivity contribution >= 4 is 6.03 Å². The Morgan fingerprint density at radius 3 is 2.92 bits per heavy atom.